The highest BCUT2D eigenvalue weighted by Crippen LogP contribution is 2.32. The molecule has 0 saturated carbocycles. The largest absolute Gasteiger partial charge is 0.416 e. The molecule has 0 bridgehead atoms. The number of aromatic nitrogens is 1. The van der Waals surface area contributed by atoms with Gasteiger partial charge in [-0.05, 0) is 24.5 Å². The summed E-state index contributed by atoms with van der Waals surface area (Å²) in [6.45, 7) is 0.288. The maximum Gasteiger partial charge on any atom is 0.416 e. The minimum Gasteiger partial charge on any atom is -0.373 e. The molecule has 1 saturated heterocycles. The number of nitrogens with zero attached hydrogens (tertiary/aromatic N) is 1. The van der Waals surface area contributed by atoms with Gasteiger partial charge in [-0.3, -0.25) is 0 Å². The molecule has 21 heavy (non-hydrogen) atoms. The molecule has 0 radical (unpaired) electrons. The Balaban J connectivity index is 2.09. The SMILES string of the molecule is CNc1cc(C(F)(F)F)cc(NCC2CCS(=O)(=O)C2)n1. The van der Waals surface area contributed by atoms with Crippen LogP contribution in [0.4, 0.5) is 24.8 Å². The van der Waals surface area contributed by atoms with Gasteiger partial charge in [0.05, 0.1) is 17.1 Å². The van der Waals surface area contributed by atoms with Crippen LogP contribution in [0.5, 0.6) is 0 Å². The summed E-state index contributed by atoms with van der Waals surface area (Å²) >= 11 is 0. The van der Waals surface area contributed by atoms with E-state index < -0.39 is 21.6 Å². The highest BCUT2D eigenvalue weighted by atomic mass is 32.2. The molecule has 1 atom stereocenters. The van der Waals surface area contributed by atoms with Crippen LogP contribution in [0.1, 0.15) is 12.0 Å². The number of rotatable bonds is 4. The molecule has 1 aliphatic rings. The van der Waals surface area contributed by atoms with E-state index in [1.165, 1.54) is 7.05 Å². The van der Waals surface area contributed by atoms with Gasteiger partial charge in [-0.15, -0.1) is 0 Å². The van der Waals surface area contributed by atoms with Crippen LogP contribution in [0, 0.1) is 5.92 Å². The van der Waals surface area contributed by atoms with E-state index in [-0.39, 0.29) is 35.6 Å². The van der Waals surface area contributed by atoms with Gasteiger partial charge in [0.25, 0.3) is 0 Å². The van der Waals surface area contributed by atoms with E-state index in [0.717, 1.165) is 12.1 Å². The van der Waals surface area contributed by atoms with Crippen molar-refractivity contribution in [1.29, 1.82) is 0 Å². The molecule has 9 heteroatoms. The number of sulfone groups is 1. The van der Waals surface area contributed by atoms with E-state index >= 15 is 0 Å². The van der Waals surface area contributed by atoms with Crippen molar-refractivity contribution in [2.45, 2.75) is 12.6 Å². The Morgan fingerprint density at radius 1 is 1.33 bits per heavy atom. The maximum atomic E-state index is 12.8. The number of hydrogen-bond acceptors (Lipinski definition) is 5. The molecule has 0 aromatic carbocycles. The van der Waals surface area contributed by atoms with Crippen LogP contribution in [0.2, 0.25) is 0 Å². The Kier molecular flexibility index (Phi) is 4.31. The topological polar surface area (TPSA) is 71.1 Å². The van der Waals surface area contributed by atoms with Crippen molar-refractivity contribution in [3.8, 4) is 0 Å². The lowest BCUT2D eigenvalue weighted by Gasteiger charge is -2.14. The second-order valence-electron chi connectivity index (χ2n) is 5.02. The lowest BCUT2D eigenvalue weighted by molar-refractivity contribution is -0.137. The average molecular weight is 323 g/mol. The third kappa shape index (κ3) is 4.23. The third-order valence-electron chi connectivity index (χ3n) is 3.31. The minimum absolute atomic E-state index is 0.0673. The lowest BCUT2D eigenvalue weighted by Crippen LogP contribution is -2.17. The number of anilines is 2. The van der Waals surface area contributed by atoms with Crippen LogP contribution >= 0.6 is 0 Å². The minimum atomic E-state index is -4.46. The van der Waals surface area contributed by atoms with Crippen molar-refractivity contribution >= 4 is 21.5 Å². The van der Waals surface area contributed by atoms with Crippen LogP contribution in [0.25, 0.3) is 0 Å². The van der Waals surface area contributed by atoms with Crippen LogP contribution < -0.4 is 10.6 Å². The number of nitrogens with one attached hydrogen (secondary N) is 2. The molecule has 1 aromatic rings. The normalized spacial score (nSPS) is 21.2. The first-order chi connectivity index (χ1) is 9.69. The van der Waals surface area contributed by atoms with Gasteiger partial charge in [0.2, 0.25) is 0 Å². The zero-order chi connectivity index (χ0) is 15.7. The monoisotopic (exact) mass is 323 g/mol. The van der Waals surface area contributed by atoms with Crippen molar-refractivity contribution in [3.05, 3.63) is 17.7 Å². The predicted molar refractivity (Wildman–Crippen MR) is 74.0 cm³/mol. The molecule has 1 fully saturated rings. The molecule has 0 spiro atoms. The second kappa shape index (κ2) is 5.70. The molecule has 2 heterocycles. The van der Waals surface area contributed by atoms with Gasteiger partial charge in [-0.1, -0.05) is 0 Å². The van der Waals surface area contributed by atoms with Gasteiger partial charge in [-0.2, -0.15) is 13.2 Å². The predicted octanol–water partition coefficient (Wildman–Crippen LogP) is 1.99. The van der Waals surface area contributed by atoms with Crippen molar-refractivity contribution in [1.82, 2.24) is 4.98 Å². The summed E-state index contributed by atoms with van der Waals surface area (Å²) in [5.41, 5.74) is -0.802. The van der Waals surface area contributed by atoms with Gasteiger partial charge in [0.15, 0.2) is 9.84 Å². The fraction of sp³-hybridized carbons (Fsp3) is 0.583. The molecular weight excluding hydrogens is 307 g/mol. The molecule has 2 N–H and O–H groups in total. The van der Waals surface area contributed by atoms with Crippen LogP contribution in [0.3, 0.4) is 0 Å². The fourth-order valence-corrected chi connectivity index (χ4v) is 4.06. The van der Waals surface area contributed by atoms with E-state index in [1.54, 1.807) is 0 Å². The van der Waals surface area contributed by atoms with Gasteiger partial charge in [0.1, 0.15) is 11.6 Å². The Labute approximate surface area is 120 Å². The molecule has 5 nitrogen and oxygen atoms in total. The highest BCUT2D eigenvalue weighted by molar-refractivity contribution is 7.91. The molecule has 118 valence electrons. The van der Waals surface area contributed by atoms with Gasteiger partial charge < -0.3 is 10.6 Å². The van der Waals surface area contributed by atoms with Crippen molar-refractivity contribution in [2.24, 2.45) is 5.92 Å². The number of alkyl halides is 3. The maximum absolute atomic E-state index is 12.8. The lowest BCUT2D eigenvalue weighted by atomic mass is 10.1. The molecule has 1 aliphatic heterocycles. The van der Waals surface area contributed by atoms with Crippen molar-refractivity contribution < 1.29 is 21.6 Å². The Morgan fingerprint density at radius 3 is 2.52 bits per heavy atom. The Hall–Kier alpha value is -1.51. The molecular formula is C12H16F3N3O2S. The third-order valence-corrected chi connectivity index (χ3v) is 5.14. The van der Waals surface area contributed by atoms with Crippen LogP contribution in [0.15, 0.2) is 12.1 Å². The Morgan fingerprint density at radius 2 is 2.00 bits per heavy atom. The molecule has 1 aromatic heterocycles. The summed E-state index contributed by atoms with van der Waals surface area (Å²) in [4.78, 5) is 3.99. The zero-order valence-electron chi connectivity index (χ0n) is 11.4. The van der Waals surface area contributed by atoms with Gasteiger partial charge in [-0.25, -0.2) is 13.4 Å². The van der Waals surface area contributed by atoms with E-state index in [0.29, 0.717) is 6.42 Å². The Bertz CT molecular complexity index is 617. The number of hydrogen-bond donors (Lipinski definition) is 2. The summed E-state index contributed by atoms with van der Waals surface area (Å²) in [5.74, 6) is 0.295. The first-order valence-corrected chi connectivity index (χ1v) is 8.23. The fourth-order valence-electron chi connectivity index (χ4n) is 2.19. The highest BCUT2D eigenvalue weighted by Gasteiger charge is 2.32. The molecule has 2 rings (SSSR count). The standard InChI is InChI=1S/C12H16F3N3O2S/c1-16-10-4-9(12(13,14)15)5-11(18-10)17-6-8-2-3-21(19,20)7-8/h4-5,8H,2-3,6-7H2,1H3,(H2,16,17,18). The summed E-state index contributed by atoms with van der Waals surface area (Å²) in [5, 5.41) is 5.37. The smallest absolute Gasteiger partial charge is 0.373 e. The van der Waals surface area contributed by atoms with Crippen molar-refractivity contribution in [2.75, 3.05) is 35.7 Å². The van der Waals surface area contributed by atoms with E-state index in [9.17, 15) is 21.6 Å². The summed E-state index contributed by atoms with van der Waals surface area (Å²) in [7, 11) is -1.51. The van der Waals surface area contributed by atoms with E-state index in [1.807, 2.05) is 0 Å². The summed E-state index contributed by atoms with van der Waals surface area (Å²) in [6, 6.07) is 1.84. The molecule has 0 amide bonds. The zero-order valence-corrected chi connectivity index (χ0v) is 12.2. The van der Waals surface area contributed by atoms with E-state index in [2.05, 4.69) is 15.6 Å². The first-order valence-electron chi connectivity index (χ1n) is 6.41. The summed E-state index contributed by atoms with van der Waals surface area (Å²) in [6.07, 6.45) is -3.94. The quantitative estimate of drug-likeness (QED) is 0.887. The van der Waals surface area contributed by atoms with Crippen LogP contribution in [-0.2, 0) is 16.0 Å². The second-order valence-corrected chi connectivity index (χ2v) is 7.25. The van der Waals surface area contributed by atoms with Crippen LogP contribution in [-0.4, -0.2) is 38.5 Å². The first kappa shape index (κ1) is 15.9. The molecule has 0 aliphatic carbocycles. The molecule has 1 unspecified atom stereocenters. The average Bonchev–Trinajstić information content (AvgIpc) is 2.74. The van der Waals surface area contributed by atoms with Crippen molar-refractivity contribution in [3.63, 3.8) is 0 Å². The summed E-state index contributed by atoms with van der Waals surface area (Å²) < 4.78 is 61.0. The van der Waals surface area contributed by atoms with Gasteiger partial charge in [0, 0.05) is 13.6 Å². The van der Waals surface area contributed by atoms with Gasteiger partial charge >= 0.3 is 6.18 Å². The number of pyridine rings is 1. The van der Waals surface area contributed by atoms with E-state index in [4.69, 9.17) is 0 Å². The number of halogens is 3.